The summed E-state index contributed by atoms with van der Waals surface area (Å²) >= 11 is 0. The number of anilines is 2. The van der Waals surface area contributed by atoms with Crippen LogP contribution in [-0.4, -0.2) is 59.7 Å². The Bertz CT molecular complexity index is 462. The molecule has 0 bridgehead atoms. The molecule has 0 aliphatic carbocycles. The molecule has 1 rings (SSSR count). The quantitative estimate of drug-likeness (QED) is 0.348. The molecule has 0 aliphatic heterocycles. The van der Waals surface area contributed by atoms with E-state index in [9.17, 15) is 10.1 Å². The van der Waals surface area contributed by atoms with E-state index in [-0.39, 0.29) is 32.1 Å². The highest BCUT2D eigenvalue weighted by Crippen LogP contribution is 2.29. The lowest BCUT2D eigenvalue weighted by Gasteiger charge is -2.24. The van der Waals surface area contributed by atoms with Crippen LogP contribution in [0.15, 0.2) is 18.2 Å². The molecule has 1 aromatic rings. The smallest absolute Gasteiger partial charge is 0.294 e. The van der Waals surface area contributed by atoms with Crippen LogP contribution < -0.4 is 10.2 Å². The lowest BCUT2D eigenvalue weighted by molar-refractivity contribution is -0.383. The number of nitrogens with one attached hydrogen (secondary N) is 1. The summed E-state index contributed by atoms with van der Waals surface area (Å²) in [6.07, 6.45) is 1.09. The number of nitrogens with zero attached hydrogens (tertiary/aromatic N) is 2. The first-order chi connectivity index (χ1) is 10.6. The van der Waals surface area contributed by atoms with Crippen molar-refractivity contribution in [2.45, 2.75) is 12.8 Å². The fourth-order valence-electron chi connectivity index (χ4n) is 2.10. The summed E-state index contributed by atoms with van der Waals surface area (Å²) in [4.78, 5) is 12.6. The van der Waals surface area contributed by atoms with Gasteiger partial charge in [0.2, 0.25) is 0 Å². The Labute approximate surface area is 129 Å². The maximum absolute atomic E-state index is 11.2. The van der Waals surface area contributed by atoms with Crippen molar-refractivity contribution in [1.29, 1.82) is 0 Å². The largest absolute Gasteiger partial charge is 0.396 e. The maximum atomic E-state index is 11.2. The van der Waals surface area contributed by atoms with Gasteiger partial charge in [0, 0.05) is 44.6 Å². The van der Waals surface area contributed by atoms with Crippen molar-refractivity contribution in [2.24, 2.45) is 0 Å². The standard InChI is InChI=1S/C14H23N3O5/c18-8-1-6-16(7-2-9-19)12-3-4-13(15-5-10-20)14(11-12)17(21)22/h3-4,11,15,18-20H,1-2,5-10H2. The highest BCUT2D eigenvalue weighted by atomic mass is 16.6. The Morgan fingerprint density at radius 1 is 1.09 bits per heavy atom. The molecule has 8 heteroatoms. The first-order valence-electron chi connectivity index (χ1n) is 7.24. The van der Waals surface area contributed by atoms with E-state index >= 15 is 0 Å². The first-order valence-corrected chi connectivity index (χ1v) is 7.24. The Morgan fingerprint density at radius 2 is 1.73 bits per heavy atom. The van der Waals surface area contributed by atoms with Crippen LogP contribution in [0, 0.1) is 10.1 Å². The molecule has 0 atom stereocenters. The molecular weight excluding hydrogens is 290 g/mol. The normalized spacial score (nSPS) is 10.5. The molecule has 0 fully saturated rings. The molecule has 124 valence electrons. The fraction of sp³-hybridized carbons (Fsp3) is 0.571. The highest BCUT2D eigenvalue weighted by Gasteiger charge is 2.17. The average molecular weight is 313 g/mol. The lowest BCUT2D eigenvalue weighted by Crippen LogP contribution is -2.27. The van der Waals surface area contributed by atoms with E-state index in [1.807, 2.05) is 4.90 Å². The molecule has 0 radical (unpaired) electrons. The van der Waals surface area contributed by atoms with Crippen molar-refractivity contribution >= 4 is 17.1 Å². The molecule has 8 nitrogen and oxygen atoms in total. The Balaban J connectivity index is 2.99. The minimum atomic E-state index is -0.473. The van der Waals surface area contributed by atoms with Crippen molar-refractivity contribution in [3.63, 3.8) is 0 Å². The van der Waals surface area contributed by atoms with Gasteiger partial charge < -0.3 is 25.5 Å². The Kier molecular flexibility index (Phi) is 8.19. The summed E-state index contributed by atoms with van der Waals surface area (Å²) in [5.74, 6) is 0. The van der Waals surface area contributed by atoms with Gasteiger partial charge in [-0.1, -0.05) is 0 Å². The third-order valence-corrected chi connectivity index (χ3v) is 3.14. The van der Waals surface area contributed by atoms with E-state index in [1.54, 1.807) is 12.1 Å². The van der Waals surface area contributed by atoms with E-state index in [0.717, 1.165) is 0 Å². The second-order valence-electron chi connectivity index (χ2n) is 4.75. The number of benzene rings is 1. The lowest BCUT2D eigenvalue weighted by atomic mass is 10.2. The summed E-state index contributed by atoms with van der Waals surface area (Å²) in [5.41, 5.74) is 0.958. The highest BCUT2D eigenvalue weighted by molar-refractivity contribution is 5.68. The molecule has 0 heterocycles. The molecule has 0 unspecified atom stereocenters. The molecule has 0 saturated carbocycles. The van der Waals surface area contributed by atoms with Crippen LogP contribution in [0.1, 0.15) is 12.8 Å². The van der Waals surface area contributed by atoms with Crippen LogP contribution in [0.5, 0.6) is 0 Å². The second kappa shape index (κ2) is 9.93. The maximum Gasteiger partial charge on any atom is 0.294 e. The molecule has 4 N–H and O–H groups in total. The van der Waals surface area contributed by atoms with Gasteiger partial charge >= 0.3 is 0 Å². The van der Waals surface area contributed by atoms with Crippen molar-refractivity contribution < 1.29 is 20.2 Å². The second-order valence-corrected chi connectivity index (χ2v) is 4.75. The van der Waals surface area contributed by atoms with Crippen molar-refractivity contribution in [2.75, 3.05) is 49.7 Å². The molecule has 0 aromatic heterocycles. The van der Waals surface area contributed by atoms with Crippen LogP contribution in [0.25, 0.3) is 0 Å². The number of nitro benzene ring substituents is 1. The number of hydrogen-bond acceptors (Lipinski definition) is 7. The third kappa shape index (κ3) is 5.47. The predicted octanol–water partition coefficient (Wildman–Crippen LogP) is 0.570. The van der Waals surface area contributed by atoms with E-state index in [4.69, 9.17) is 15.3 Å². The summed E-state index contributed by atoms with van der Waals surface area (Å²) in [7, 11) is 0. The van der Waals surface area contributed by atoms with E-state index in [0.29, 0.717) is 37.3 Å². The predicted molar refractivity (Wildman–Crippen MR) is 84.3 cm³/mol. The molecule has 0 aliphatic rings. The third-order valence-electron chi connectivity index (χ3n) is 3.14. The molecule has 0 amide bonds. The zero-order chi connectivity index (χ0) is 16.4. The zero-order valence-corrected chi connectivity index (χ0v) is 12.4. The Hall–Kier alpha value is -1.90. The van der Waals surface area contributed by atoms with Crippen LogP contribution in [0.3, 0.4) is 0 Å². The molecule has 0 saturated heterocycles. The van der Waals surface area contributed by atoms with E-state index in [1.165, 1.54) is 6.07 Å². The van der Waals surface area contributed by atoms with Crippen LogP contribution in [0.2, 0.25) is 0 Å². The van der Waals surface area contributed by atoms with Gasteiger partial charge in [-0.2, -0.15) is 0 Å². The average Bonchev–Trinajstić information content (AvgIpc) is 2.53. The van der Waals surface area contributed by atoms with Crippen LogP contribution >= 0.6 is 0 Å². The minimum Gasteiger partial charge on any atom is -0.396 e. The van der Waals surface area contributed by atoms with Gasteiger partial charge in [-0.05, 0) is 25.0 Å². The topological polar surface area (TPSA) is 119 Å². The van der Waals surface area contributed by atoms with Gasteiger partial charge in [-0.15, -0.1) is 0 Å². The molecule has 22 heavy (non-hydrogen) atoms. The number of nitro groups is 1. The van der Waals surface area contributed by atoms with Crippen molar-refractivity contribution in [3.05, 3.63) is 28.3 Å². The van der Waals surface area contributed by atoms with Gasteiger partial charge in [0.05, 0.1) is 11.5 Å². The van der Waals surface area contributed by atoms with Gasteiger partial charge in [0.25, 0.3) is 5.69 Å². The summed E-state index contributed by atoms with van der Waals surface area (Å²) in [6.45, 7) is 1.30. The summed E-state index contributed by atoms with van der Waals surface area (Å²) in [5, 5.41) is 40.7. The first kappa shape index (κ1) is 18.1. The molecular formula is C14H23N3O5. The van der Waals surface area contributed by atoms with Gasteiger partial charge in [-0.3, -0.25) is 10.1 Å². The van der Waals surface area contributed by atoms with Crippen LogP contribution in [0.4, 0.5) is 17.1 Å². The van der Waals surface area contributed by atoms with Gasteiger partial charge in [0.15, 0.2) is 0 Å². The SMILES string of the molecule is O=[N+]([O-])c1cc(N(CCCO)CCCO)ccc1NCCO. The fourth-order valence-corrected chi connectivity index (χ4v) is 2.10. The number of rotatable bonds is 11. The van der Waals surface area contributed by atoms with Gasteiger partial charge in [0.1, 0.15) is 5.69 Å². The zero-order valence-electron chi connectivity index (χ0n) is 12.4. The summed E-state index contributed by atoms with van der Waals surface area (Å²) in [6, 6.07) is 4.82. The van der Waals surface area contributed by atoms with Gasteiger partial charge in [-0.25, -0.2) is 0 Å². The number of hydrogen-bond donors (Lipinski definition) is 4. The van der Waals surface area contributed by atoms with E-state index < -0.39 is 4.92 Å². The monoisotopic (exact) mass is 313 g/mol. The van der Waals surface area contributed by atoms with Crippen molar-refractivity contribution in [1.82, 2.24) is 0 Å². The molecule has 1 aromatic carbocycles. The van der Waals surface area contributed by atoms with E-state index in [2.05, 4.69) is 5.32 Å². The Morgan fingerprint density at radius 3 is 2.23 bits per heavy atom. The minimum absolute atomic E-state index is 0.0356. The number of aliphatic hydroxyl groups is 3. The van der Waals surface area contributed by atoms with Crippen molar-refractivity contribution in [3.8, 4) is 0 Å². The number of aliphatic hydroxyl groups excluding tert-OH is 3. The summed E-state index contributed by atoms with van der Waals surface area (Å²) < 4.78 is 0. The van der Waals surface area contributed by atoms with Crippen LogP contribution in [-0.2, 0) is 0 Å². The molecule has 0 spiro atoms.